The van der Waals surface area contributed by atoms with E-state index in [4.69, 9.17) is 5.11 Å². The predicted octanol–water partition coefficient (Wildman–Crippen LogP) is 0.184. The number of carboxylic acids is 1. The van der Waals surface area contributed by atoms with Gasteiger partial charge in [-0.2, -0.15) is 12.6 Å². The number of rotatable bonds is 4. The van der Waals surface area contributed by atoms with Gasteiger partial charge in [-0.25, -0.2) is 0 Å². The first kappa shape index (κ1) is 11.5. The molecule has 2 unspecified atom stereocenters. The molecular weight excluding hydrogens is 202 g/mol. The third kappa shape index (κ3) is 2.48. The summed E-state index contributed by atoms with van der Waals surface area (Å²) in [5.41, 5.74) is 0. The summed E-state index contributed by atoms with van der Waals surface area (Å²) in [6.45, 7) is 2.30. The lowest BCUT2D eigenvalue weighted by atomic mass is 9.93. The second kappa shape index (κ2) is 4.79. The van der Waals surface area contributed by atoms with Crippen molar-refractivity contribution in [1.82, 2.24) is 5.32 Å². The highest BCUT2D eigenvalue weighted by Gasteiger charge is 2.34. The maximum absolute atomic E-state index is 11.7. The van der Waals surface area contributed by atoms with Crippen molar-refractivity contribution < 1.29 is 14.7 Å². The van der Waals surface area contributed by atoms with Crippen LogP contribution in [0.2, 0.25) is 0 Å². The molecule has 80 valence electrons. The Kier molecular flexibility index (Phi) is 3.95. The number of nitrogens with one attached hydrogen (secondary N) is 1. The van der Waals surface area contributed by atoms with Crippen LogP contribution in [0, 0.1) is 11.8 Å². The lowest BCUT2D eigenvalue weighted by molar-refractivity contribution is -0.139. The molecule has 0 saturated carbocycles. The molecule has 0 radical (unpaired) electrons. The maximum Gasteiger partial charge on any atom is 0.320 e. The molecule has 1 fully saturated rings. The zero-order valence-corrected chi connectivity index (χ0v) is 8.96. The van der Waals surface area contributed by atoms with Crippen molar-refractivity contribution in [3.63, 3.8) is 0 Å². The van der Waals surface area contributed by atoms with Crippen LogP contribution in [0.3, 0.4) is 0 Å². The Balaban J connectivity index is 2.49. The number of aliphatic carboxylic acids is 1. The smallest absolute Gasteiger partial charge is 0.320 e. The van der Waals surface area contributed by atoms with E-state index in [-0.39, 0.29) is 17.6 Å². The van der Waals surface area contributed by atoms with E-state index in [1.807, 2.05) is 6.92 Å². The van der Waals surface area contributed by atoms with E-state index in [2.05, 4.69) is 17.9 Å². The van der Waals surface area contributed by atoms with Gasteiger partial charge in [0.1, 0.15) is 11.8 Å². The van der Waals surface area contributed by atoms with Gasteiger partial charge in [0.15, 0.2) is 0 Å². The Hall–Kier alpha value is -0.550. The Morgan fingerprint density at radius 3 is 2.71 bits per heavy atom. The number of carbonyl (C=O) groups is 2. The maximum atomic E-state index is 11.7. The lowest BCUT2D eigenvalue weighted by Crippen LogP contribution is -2.30. The molecule has 0 bridgehead atoms. The largest absolute Gasteiger partial charge is 0.480 e. The third-order valence-corrected chi connectivity index (χ3v) is 3.14. The van der Waals surface area contributed by atoms with Gasteiger partial charge >= 0.3 is 5.97 Å². The van der Waals surface area contributed by atoms with Gasteiger partial charge in [0, 0.05) is 18.4 Å². The van der Waals surface area contributed by atoms with Crippen LogP contribution in [0.4, 0.5) is 0 Å². The summed E-state index contributed by atoms with van der Waals surface area (Å²) >= 11 is 4.05. The van der Waals surface area contributed by atoms with Crippen molar-refractivity contribution in [2.75, 3.05) is 12.3 Å². The molecular formula is C9H15NO3S. The van der Waals surface area contributed by atoms with Gasteiger partial charge in [0.2, 0.25) is 0 Å². The molecule has 0 amide bonds. The van der Waals surface area contributed by atoms with Gasteiger partial charge in [0.05, 0.1) is 0 Å². The fourth-order valence-corrected chi connectivity index (χ4v) is 1.81. The monoisotopic (exact) mass is 217 g/mol. The summed E-state index contributed by atoms with van der Waals surface area (Å²) in [7, 11) is 0. The number of hydrogen-bond donors (Lipinski definition) is 3. The minimum absolute atomic E-state index is 0.0855. The van der Waals surface area contributed by atoms with E-state index in [1.165, 1.54) is 0 Å². The quantitative estimate of drug-likeness (QED) is 0.588. The third-order valence-electron chi connectivity index (χ3n) is 2.59. The highest BCUT2D eigenvalue weighted by molar-refractivity contribution is 7.80. The summed E-state index contributed by atoms with van der Waals surface area (Å²) in [4.78, 5) is 22.3. The molecule has 0 aromatic heterocycles. The van der Waals surface area contributed by atoms with Crippen LogP contribution in [0.1, 0.15) is 13.3 Å². The molecule has 1 rings (SSSR count). The predicted molar refractivity (Wildman–Crippen MR) is 55.6 cm³/mol. The first-order chi connectivity index (χ1) is 6.56. The zero-order chi connectivity index (χ0) is 10.7. The molecule has 0 aromatic rings. The summed E-state index contributed by atoms with van der Waals surface area (Å²) in [5, 5.41) is 11.5. The molecule has 0 spiro atoms. The topological polar surface area (TPSA) is 66.4 Å². The van der Waals surface area contributed by atoms with Crippen molar-refractivity contribution in [3.05, 3.63) is 0 Å². The Morgan fingerprint density at radius 2 is 2.29 bits per heavy atom. The Morgan fingerprint density at radius 1 is 1.64 bits per heavy atom. The second-order valence-corrected chi connectivity index (χ2v) is 4.08. The molecule has 1 heterocycles. The van der Waals surface area contributed by atoms with Crippen molar-refractivity contribution >= 4 is 24.4 Å². The van der Waals surface area contributed by atoms with Crippen molar-refractivity contribution in [2.24, 2.45) is 11.8 Å². The van der Waals surface area contributed by atoms with Gasteiger partial charge in [-0.3, -0.25) is 9.59 Å². The van der Waals surface area contributed by atoms with Gasteiger partial charge < -0.3 is 10.4 Å². The lowest BCUT2D eigenvalue weighted by Gasteiger charge is -2.11. The molecule has 3 atom stereocenters. The average molecular weight is 217 g/mol. The van der Waals surface area contributed by atoms with Gasteiger partial charge in [0.25, 0.3) is 0 Å². The molecule has 1 saturated heterocycles. The highest BCUT2D eigenvalue weighted by atomic mass is 32.1. The molecule has 1 aliphatic rings. The molecule has 0 aromatic carbocycles. The number of thiol groups is 1. The van der Waals surface area contributed by atoms with Crippen LogP contribution in [0.15, 0.2) is 0 Å². The van der Waals surface area contributed by atoms with Gasteiger partial charge in [-0.05, 0) is 12.2 Å². The standard InChI is InChI=1S/C9H15NO3S/c1-5(4-14)8(11)6-2-7(9(12)13)10-3-6/h5-7,10,14H,2-4H2,1H3,(H,12,13)/t5?,6?,7-/m0/s1. The molecule has 1 aliphatic heterocycles. The van der Waals surface area contributed by atoms with E-state index < -0.39 is 12.0 Å². The van der Waals surface area contributed by atoms with E-state index in [1.54, 1.807) is 0 Å². The van der Waals surface area contributed by atoms with Crippen LogP contribution in [-0.2, 0) is 9.59 Å². The fraction of sp³-hybridized carbons (Fsp3) is 0.778. The van der Waals surface area contributed by atoms with Crippen LogP contribution in [-0.4, -0.2) is 35.2 Å². The number of hydrogen-bond acceptors (Lipinski definition) is 4. The van der Waals surface area contributed by atoms with E-state index >= 15 is 0 Å². The van der Waals surface area contributed by atoms with E-state index in [0.29, 0.717) is 18.7 Å². The molecule has 14 heavy (non-hydrogen) atoms. The fourth-order valence-electron chi connectivity index (χ4n) is 1.63. The minimum Gasteiger partial charge on any atom is -0.480 e. The average Bonchev–Trinajstić information content (AvgIpc) is 2.64. The SMILES string of the molecule is CC(CS)C(=O)C1CN[C@H](C(=O)O)C1. The number of carboxylic acid groups (broad SMARTS) is 1. The number of Topliss-reactive ketones (excluding diaryl/α,β-unsaturated/α-hetero) is 1. The Bertz CT molecular complexity index is 244. The Labute approximate surface area is 88.5 Å². The van der Waals surface area contributed by atoms with Crippen LogP contribution < -0.4 is 5.32 Å². The van der Waals surface area contributed by atoms with E-state index in [0.717, 1.165) is 0 Å². The van der Waals surface area contributed by atoms with Crippen LogP contribution in [0.5, 0.6) is 0 Å². The summed E-state index contributed by atoms with van der Waals surface area (Å²) in [6, 6.07) is -0.559. The van der Waals surface area contributed by atoms with Crippen molar-refractivity contribution in [2.45, 2.75) is 19.4 Å². The molecule has 0 aliphatic carbocycles. The van der Waals surface area contributed by atoms with Crippen LogP contribution >= 0.6 is 12.6 Å². The van der Waals surface area contributed by atoms with Crippen LogP contribution in [0.25, 0.3) is 0 Å². The van der Waals surface area contributed by atoms with E-state index in [9.17, 15) is 9.59 Å². The van der Waals surface area contributed by atoms with Gasteiger partial charge in [-0.1, -0.05) is 6.92 Å². The second-order valence-electron chi connectivity index (χ2n) is 3.72. The minimum atomic E-state index is -0.876. The summed E-state index contributed by atoms with van der Waals surface area (Å²) in [6.07, 6.45) is 0.409. The molecule has 5 heteroatoms. The zero-order valence-electron chi connectivity index (χ0n) is 8.06. The van der Waals surface area contributed by atoms with Crippen molar-refractivity contribution in [3.8, 4) is 0 Å². The normalized spacial score (nSPS) is 28.7. The van der Waals surface area contributed by atoms with Gasteiger partial charge in [-0.15, -0.1) is 0 Å². The number of carbonyl (C=O) groups excluding carboxylic acids is 1. The molecule has 2 N–H and O–H groups in total. The molecule has 4 nitrogen and oxygen atoms in total. The first-order valence-corrected chi connectivity index (χ1v) is 5.30. The highest BCUT2D eigenvalue weighted by Crippen LogP contribution is 2.19. The summed E-state index contributed by atoms with van der Waals surface area (Å²) < 4.78 is 0. The first-order valence-electron chi connectivity index (χ1n) is 4.67. The summed E-state index contributed by atoms with van der Waals surface area (Å²) in [5.74, 6) is -0.474. The van der Waals surface area contributed by atoms with Crippen molar-refractivity contribution in [1.29, 1.82) is 0 Å². The number of ketones is 1.